The zero-order valence-corrected chi connectivity index (χ0v) is 15.5. The molecule has 0 saturated heterocycles. The first-order valence-electron chi connectivity index (χ1n) is 8.84. The van der Waals surface area contributed by atoms with Crippen LogP contribution in [-0.4, -0.2) is 19.1 Å². The zero-order valence-electron chi connectivity index (χ0n) is 15.5. The highest BCUT2D eigenvalue weighted by Gasteiger charge is 2.15. The lowest BCUT2D eigenvalue weighted by Crippen LogP contribution is -2.08. The van der Waals surface area contributed by atoms with Gasteiger partial charge in [-0.05, 0) is 35.9 Å². The Labute approximate surface area is 161 Å². The average Bonchev–Trinajstić information content (AvgIpc) is 3.19. The van der Waals surface area contributed by atoms with Crippen molar-refractivity contribution in [3.8, 4) is 11.1 Å². The van der Waals surface area contributed by atoms with Crippen LogP contribution in [0.3, 0.4) is 0 Å². The molecule has 0 amide bonds. The van der Waals surface area contributed by atoms with Crippen LogP contribution in [-0.2, 0) is 6.54 Å². The van der Waals surface area contributed by atoms with Crippen molar-refractivity contribution in [3.05, 3.63) is 78.4 Å². The fourth-order valence-corrected chi connectivity index (χ4v) is 3.18. The number of benzene rings is 2. The summed E-state index contributed by atoms with van der Waals surface area (Å²) >= 11 is 0. The molecule has 0 atom stereocenters. The highest BCUT2D eigenvalue weighted by atomic mass is 19.1. The van der Waals surface area contributed by atoms with Crippen LogP contribution in [0.25, 0.3) is 21.9 Å². The summed E-state index contributed by atoms with van der Waals surface area (Å²) in [6.07, 6.45) is 3.20. The van der Waals surface area contributed by atoms with Gasteiger partial charge >= 0.3 is 0 Å². The second-order valence-corrected chi connectivity index (χ2v) is 6.70. The van der Waals surface area contributed by atoms with Gasteiger partial charge in [0, 0.05) is 43.0 Å². The molecule has 142 valence electrons. The van der Waals surface area contributed by atoms with Crippen molar-refractivity contribution in [1.29, 1.82) is 0 Å². The maximum Gasteiger partial charge on any atom is 0.137 e. The van der Waals surface area contributed by atoms with Crippen LogP contribution in [0.5, 0.6) is 0 Å². The normalized spacial score (nSPS) is 11.0. The van der Waals surface area contributed by atoms with E-state index in [0.29, 0.717) is 29.1 Å². The Kier molecular flexibility index (Phi) is 4.69. The molecule has 0 aliphatic rings. The predicted octanol–water partition coefficient (Wildman–Crippen LogP) is 5.45. The quantitative estimate of drug-likeness (QED) is 0.501. The van der Waals surface area contributed by atoms with E-state index in [4.69, 9.17) is 4.42 Å². The predicted molar refractivity (Wildman–Crippen MR) is 107 cm³/mol. The first kappa shape index (κ1) is 18.0. The number of hydrogen-bond acceptors (Lipinski definition) is 4. The molecule has 0 aliphatic carbocycles. The van der Waals surface area contributed by atoms with Gasteiger partial charge in [-0.15, -0.1) is 0 Å². The Balaban J connectivity index is 1.81. The van der Waals surface area contributed by atoms with E-state index in [9.17, 15) is 8.78 Å². The molecule has 28 heavy (non-hydrogen) atoms. The first-order valence-corrected chi connectivity index (χ1v) is 8.84. The molecule has 0 fully saturated rings. The Morgan fingerprint density at radius 3 is 2.54 bits per heavy atom. The summed E-state index contributed by atoms with van der Waals surface area (Å²) < 4.78 is 34.0. The molecule has 2 aromatic carbocycles. The van der Waals surface area contributed by atoms with Gasteiger partial charge in [-0.2, -0.15) is 0 Å². The van der Waals surface area contributed by atoms with E-state index in [-0.39, 0.29) is 5.39 Å². The van der Waals surface area contributed by atoms with Crippen LogP contribution in [0.15, 0.2) is 65.4 Å². The lowest BCUT2D eigenvalue weighted by molar-refractivity contribution is 0.518. The summed E-state index contributed by atoms with van der Waals surface area (Å²) in [7, 11) is 3.91. The standard InChI is InChI=1S/C22H19F2N3O/c1-27(2)16-7-5-14(6-8-16)19-13-26-22(25-12-17-4-3-9-28-17)21-18(19)10-15(23)11-20(21)24/h3-11,13H,12H2,1-2H3,(H,25,26). The van der Waals surface area contributed by atoms with Gasteiger partial charge < -0.3 is 14.6 Å². The van der Waals surface area contributed by atoms with E-state index >= 15 is 0 Å². The number of anilines is 2. The van der Waals surface area contributed by atoms with Gasteiger partial charge in [-0.1, -0.05) is 12.1 Å². The highest BCUT2D eigenvalue weighted by Crippen LogP contribution is 2.34. The zero-order chi connectivity index (χ0) is 19.7. The molecule has 0 bridgehead atoms. The lowest BCUT2D eigenvalue weighted by atomic mass is 9.99. The van der Waals surface area contributed by atoms with Gasteiger partial charge in [-0.25, -0.2) is 13.8 Å². The summed E-state index contributed by atoms with van der Waals surface area (Å²) in [5.74, 6) is -0.242. The Morgan fingerprint density at radius 1 is 1.07 bits per heavy atom. The third kappa shape index (κ3) is 3.41. The molecule has 0 saturated carbocycles. The van der Waals surface area contributed by atoms with Crippen LogP contribution in [0, 0.1) is 11.6 Å². The SMILES string of the molecule is CN(C)c1ccc(-c2cnc(NCc3ccco3)c3c(F)cc(F)cc23)cc1. The second-order valence-electron chi connectivity index (χ2n) is 6.70. The number of halogens is 2. The van der Waals surface area contributed by atoms with Gasteiger partial charge in [0.05, 0.1) is 18.2 Å². The monoisotopic (exact) mass is 379 g/mol. The number of aromatic nitrogens is 1. The van der Waals surface area contributed by atoms with Gasteiger partial charge in [0.2, 0.25) is 0 Å². The number of nitrogens with zero attached hydrogens (tertiary/aromatic N) is 2. The molecular weight excluding hydrogens is 360 g/mol. The van der Waals surface area contributed by atoms with E-state index < -0.39 is 11.6 Å². The maximum atomic E-state index is 14.7. The maximum absolute atomic E-state index is 14.7. The minimum Gasteiger partial charge on any atom is -0.467 e. The summed E-state index contributed by atoms with van der Waals surface area (Å²) in [6, 6.07) is 13.6. The fraction of sp³-hybridized carbons (Fsp3) is 0.136. The Bertz CT molecular complexity index is 1110. The summed E-state index contributed by atoms with van der Waals surface area (Å²) in [5.41, 5.74) is 2.54. The molecular formula is C22H19F2N3O. The minimum absolute atomic E-state index is 0.252. The summed E-state index contributed by atoms with van der Waals surface area (Å²) in [5, 5.41) is 3.80. The van der Waals surface area contributed by atoms with E-state index in [2.05, 4.69) is 10.3 Å². The largest absolute Gasteiger partial charge is 0.467 e. The third-order valence-electron chi connectivity index (χ3n) is 4.61. The number of furan rings is 1. The average molecular weight is 379 g/mol. The highest BCUT2D eigenvalue weighted by molar-refractivity contribution is 6.02. The summed E-state index contributed by atoms with van der Waals surface area (Å²) in [4.78, 5) is 6.39. The van der Waals surface area contributed by atoms with Crippen molar-refractivity contribution in [2.45, 2.75) is 6.54 Å². The number of rotatable bonds is 5. The molecule has 2 heterocycles. The van der Waals surface area contributed by atoms with Crippen molar-refractivity contribution < 1.29 is 13.2 Å². The minimum atomic E-state index is -0.656. The number of hydrogen-bond donors (Lipinski definition) is 1. The van der Waals surface area contributed by atoms with E-state index in [1.54, 1.807) is 18.5 Å². The molecule has 0 radical (unpaired) electrons. The summed E-state index contributed by atoms with van der Waals surface area (Å²) in [6.45, 7) is 0.350. The van der Waals surface area contributed by atoms with Crippen LogP contribution >= 0.6 is 0 Å². The van der Waals surface area contributed by atoms with Crippen molar-refractivity contribution in [2.24, 2.45) is 0 Å². The second kappa shape index (κ2) is 7.31. The van der Waals surface area contributed by atoms with Crippen LogP contribution in [0.2, 0.25) is 0 Å². The molecule has 0 aliphatic heterocycles. The van der Waals surface area contributed by atoms with Crippen LogP contribution in [0.4, 0.5) is 20.3 Å². The van der Waals surface area contributed by atoms with Crippen molar-refractivity contribution in [1.82, 2.24) is 4.98 Å². The van der Waals surface area contributed by atoms with Crippen molar-refractivity contribution >= 4 is 22.3 Å². The number of fused-ring (bicyclic) bond motifs is 1. The Hall–Kier alpha value is -3.41. The molecule has 4 aromatic rings. The third-order valence-corrected chi connectivity index (χ3v) is 4.61. The molecule has 0 spiro atoms. The Morgan fingerprint density at radius 2 is 1.86 bits per heavy atom. The van der Waals surface area contributed by atoms with Crippen molar-refractivity contribution in [3.63, 3.8) is 0 Å². The molecule has 1 N–H and O–H groups in total. The number of pyridine rings is 1. The topological polar surface area (TPSA) is 41.3 Å². The molecule has 0 unspecified atom stereocenters. The molecule has 4 nitrogen and oxygen atoms in total. The van der Waals surface area contributed by atoms with Crippen LogP contribution in [0.1, 0.15) is 5.76 Å². The van der Waals surface area contributed by atoms with Gasteiger partial charge in [-0.3, -0.25) is 0 Å². The van der Waals surface area contributed by atoms with E-state index in [1.807, 2.05) is 49.3 Å². The molecule has 2 aromatic heterocycles. The first-order chi connectivity index (χ1) is 13.5. The van der Waals surface area contributed by atoms with E-state index in [1.165, 1.54) is 6.07 Å². The van der Waals surface area contributed by atoms with Crippen molar-refractivity contribution in [2.75, 3.05) is 24.3 Å². The van der Waals surface area contributed by atoms with Crippen LogP contribution < -0.4 is 10.2 Å². The lowest BCUT2D eigenvalue weighted by Gasteiger charge is -2.15. The molecule has 4 rings (SSSR count). The van der Waals surface area contributed by atoms with Gasteiger partial charge in [0.15, 0.2) is 0 Å². The number of nitrogens with one attached hydrogen (secondary N) is 1. The smallest absolute Gasteiger partial charge is 0.137 e. The van der Waals surface area contributed by atoms with Gasteiger partial charge in [0.1, 0.15) is 23.2 Å². The molecule has 6 heteroatoms. The fourth-order valence-electron chi connectivity index (χ4n) is 3.18. The van der Waals surface area contributed by atoms with E-state index in [0.717, 1.165) is 17.3 Å². The van der Waals surface area contributed by atoms with Gasteiger partial charge in [0.25, 0.3) is 0 Å².